The molecule has 0 unspecified atom stereocenters. The summed E-state index contributed by atoms with van der Waals surface area (Å²) >= 11 is 5.65. The molecule has 0 aliphatic heterocycles. The fourth-order valence-electron chi connectivity index (χ4n) is 1.84. The van der Waals surface area contributed by atoms with Gasteiger partial charge >= 0.3 is 0 Å². The Morgan fingerprint density at radius 1 is 1.13 bits per heavy atom. The molecule has 118 valence electrons. The van der Waals surface area contributed by atoms with Crippen LogP contribution in [0.1, 0.15) is 21.5 Å². The molecule has 0 aliphatic rings. The average Bonchev–Trinajstić information content (AvgIpc) is 2.54. The van der Waals surface area contributed by atoms with E-state index in [1.165, 1.54) is 30.4 Å². The molecule has 23 heavy (non-hydrogen) atoms. The fourth-order valence-corrected chi connectivity index (χ4v) is 2.03. The van der Waals surface area contributed by atoms with E-state index in [0.717, 1.165) is 5.56 Å². The lowest BCUT2D eigenvalue weighted by atomic mass is 10.1. The lowest BCUT2D eigenvalue weighted by Crippen LogP contribution is -2.41. The van der Waals surface area contributed by atoms with Gasteiger partial charge in [0.2, 0.25) is 0 Å². The maximum atomic E-state index is 13.0. The highest BCUT2D eigenvalue weighted by atomic mass is 35.5. The van der Waals surface area contributed by atoms with Crippen molar-refractivity contribution >= 4 is 29.5 Å². The third-order valence-electron chi connectivity index (χ3n) is 3.06. The van der Waals surface area contributed by atoms with E-state index in [1.807, 2.05) is 6.07 Å². The highest BCUT2D eigenvalue weighted by molar-refractivity contribution is 6.30. The fraction of sp³-hybridized carbons (Fsp3) is 0.0588. The average molecular weight is 333 g/mol. The van der Waals surface area contributed by atoms with Crippen molar-refractivity contribution in [1.29, 1.82) is 0 Å². The summed E-state index contributed by atoms with van der Waals surface area (Å²) in [7, 11) is 0. The van der Waals surface area contributed by atoms with E-state index in [1.54, 1.807) is 25.1 Å². The van der Waals surface area contributed by atoms with Crippen LogP contribution < -0.4 is 10.9 Å². The maximum absolute atomic E-state index is 13.0. The van der Waals surface area contributed by atoms with Gasteiger partial charge in [0.1, 0.15) is 5.82 Å². The van der Waals surface area contributed by atoms with Gasteiger partial charge in [0, 0.05) is 11.6 Å². The van der Waals surface area contributed by atoms with Gasteiger partial charge in [-0.15, -0.1) is 0 Å². The largest absolute Gasteiger partial charge is 0.269 e. The normalized spacial score (nSPS) is 10.6. The van der Waals surface area contributed by atoms with Crippen molar-refractivity contribution in [3.05, 3.63) is 76.1 Å². The highest BCUT2D eigenvalue weighted by Crippen LogP contribution is 2.16. The first kappa shape index (κ1) is 16.7. The van der Waals surface area contributed by atoms with Crippen LogP contribution in [0.15, 0.2) is 48.5 Å². The summed E-state index contributed by atoms with van der Waals surface area (Å²) in [4.78, 5) is 23.6. The minimum absolute atomic E-state index is 0.0274. The van der Waals surface area contributed by atoms with Crippen LogP contribution in [0.25, 0.3) is 6.08 Å². The lowest BCUT2D eigenvalue weighted by molar-refractivity contribution is -0.117. The summed E-state index contributed by atoms with van der Waals surface area (Å²) in [6, 6.07) is 11.1. The summed E-state index contributed by atoms with van der Waals surface area (Å²) in [5.74, 6) is -1.46. The van der Waals surface area contributed by atoms with E-state index in [4.69, 9.17) is 11.6 Å². The van der Waals surface area contributed by atoms with Gasteiger partial charge in [-0.2, -0.15) is 0 Å². The molecule has 0 atom stereocenters. The molecule has 2 aromatic carbocycles. The molecule has 0 bridgehead atoms. The van der Waals surface area contributed by atoms with Crippen molar-refractivity contribution in [2.24, 2.45) is 0 Å². The van der Waals surface area contributed by atoms with Gasteiger partial charge in [-0.25, -0.2) is 4.39 Å². The van der Waals surface area contributed by atoms with Crippen molar-refractivity contribution in [2.45, 2.75) is 6.92 Å². The van der Waals surface area contributed by atoms with Crippen LogP contribution in [0.3, 0.4) is 0 Å². The first-order chi connectivity index (χ1) is 11.0. The van der Waals surface area contributed by atoms with Gasteiger partial charge in [-0.05, 0) is 42.3 Å². The number of benzene rings is 2. The summed E-state index contributed by atoms with van der Waals surface area (Å²) in [5, 5.41) is -0.0274. The van der Waals surface area contributed by atoms with Gasteiger partial charge in [0.15, 0.2) is 0 Å². The predicted octanol–water partition coefficient (Wildman–Crippen LogP) is 3.26. The van der Waals surface area contributed by atoms with E-state index < -0.39 is 17.6 Å². The number of nitrogens with one attached hydrogen (secondary N) is 2. The molecule has 2 rings (SSSR count). The number of hydrogen-bond acceptors (Lipinski definition) is 2. The molecule has 0 aromatic heterocycles. The molecule has 6 heteroatoms. The maximum Gasteiger partial charge on any atom is 0.269 e. The predicted molar refractivity (Wildman–Crippen MR) is 87.2 cm³/mol. The van der Waals surface area contributed by atoms with Crippen molar-refractivity contribution in [3.8, 4) is 0 Å². The monoisotopic (exact) mass is 332 g/mol. The third kappa shape index (κ3) is 4.66. The van der Waals surface area contributed by atoms with Crippen LogP contribution in [-0.2, 0) is 4.79 Å². The molecule has 0 heterocycles. The second kappa shape index (κ2) is 7.56. The first-order valence-corrected chi connectivity index (χ1v) is 7.14. The highest BCUT2D eigenvalue weighted by Gasteiger charge is 2.08. The molecule has 2 amide bonds. The number of hydrazine groups is 1. The number of carbonyl (C=O) groups excluding carboxylic acids is 2. The number of amides is 2. The molecule has 0 spiro atoms. The van der Waals surface area contributed by atoms with E-state index >= 15 is 0 Å². The Morgan fingerprint density at radius 3 is 2.57 bits per heavy atom. The molecular weight excluding hydrogens is 319 g/mol. The zero-order valence-electron chi connectivity index (χ0n) is 12.3. The summed E-state index contributed by atoms with van der Waals surface area (Å²) in [6.45, 7) is 1.80. The molecular formula is C17H14ClFN2O2. The quantitative estimate of drug-likeness (QED) is 0.669. The summed E-state index contributed by atoms with van der Waals surface area (Å²) < 4.78 is 13.0. The zero-order chi connectivity index (χ0) is 16.8. The van der Waals surface area contributed by atoms with Crippen molar-refractivity contribution in [2.75, 3.05) is 0 Å². The van der Waals surface area contributed by atoms with Gasteiger partial charge in [-0.1, -0.05) is 35.9 Å². The second-order valence-corrected chi connectivity index (χ2v) is 5.17. The van der Waals surface area contributed by atoms with Gasteiger partial charge in [-0.3, -0.25) is 20.4 Å². The molecule has 2 aromatic rings. The molecule has 0 aliphatic carbocycles. The topological polar surface area (TPSA) is 58.2 Å². The van der Waals surface area contributed by atoms with Crippen molar-refractivity contribution < 1.29 is 14.0 Å². The smallest absolute Gasteiger partial charge is 0.268 e. The van der Waals surface area contributed by atoms with Crippen LogP contribution in [0.2, 0.25) is 5.02 Å². The summed E-state index contributed by atoms with van der Waals surface area (Å²) in [6.07, 6.45) is 2.67. The SMILES string of the molecule is Cc1ccccc1C(=O)NNC(=O)/C=C/c1ccc(F)c(Cl)c1. The summed E-state index contributed by atoms with van der Waals surface area (Å²) in [5.41, 5.74) is 6.43. The molecule has 0 radical (unpaired) electrons. The van der Waals surface area contributed by atoms with Crippen LogP contribution in [-0.4, -0.2) is 11.8 Å². The van der Waals surface area contributed by atoms with Gasteiger partial charge in [0.25, 0.3) is 11.8 Å². The Bertz CT molecular complexity index is 775. The molecule has 2 N–H and O–H groups in total. The molecule has 0 fully saturated rings. The molecule has 0 saturated carbocycles. The van der Waals surface area contributed by atoms with E-state index in [-0.39, 0.29) is 5.02 Å². The number of carbonyl (C=O) groups is 2. The Hall–Kier alpha value is -2.66. The van der Waals surface area contributed by atoms with Gasteiger partial charge < -0.3 is 0 Å². The minimum atomic E-state index is -0.529. The number of halogens is 2. The standard InChI is InChI=1S/C17H14ClFN2O2/c1-11-4-2-3-5-13(11)17(23)21-20-16(22)9-7-12-6-8-15(19)14(18)10-12/h2-10H,1H3,(H,20,22)(H,21,23)/b9-7+. The lowest BCUT2D eigenvalue weighted by Gasteiger charge is -2.07. The zero-order valence-corrected chi connectivity index (χ0v) is 13.0. The number of aryl methyl sites for hydroxylation is 1. The Kier molecular flexibility index (Phi) is 5.49. The van der Waals surface area contributed by atoms with Gasteiger partial charge in [0.05, 0.1) is 5.02 Å². The van der Waals surface area contributed by atoms with Crippen molar-refractivity contribution in [3.63, 3.8) is 0 Å². The van der Waals surface area contributed by atoms with Crippen LogP contribution in [0, 0.1) is 12.7 Å². The Labute approximate surface area is 137 Å². The van der Waals surface area contributed by atoms with E-state index in [0.29, 0.717) is 11.1 Å². The Balaban J connectivity index is 1.92. The van der Waals surface area contributed by atoms with Crippen LogP contribution >= 0.6 is 11.6 Å². The third-order valence-corrected chi connectivity index (χ3v) is 3.35. The van der Waals surface area contributed by atoms with Crippen LogP contribution in [0.5, 0.6) is 0 Å². The minimum Gasteiger partial charge on any atom is -0.268 e. The Morgan fingerprint density at radius 2 is 1.87 bits per heavy atom. The molecule has 4 nitrogen and oxygen atoms in total. The van der Waals surface area contributed by atoms with E-state index in [2.05, 4.69) is 10.9 Å². The number of rotatable bonds is 3. The van der Waals surface area contributed by atoms with Crippen molar-refractivity contribution in [1.82, 2.24) is 10.9 Å². The van der Waals surface area contributed by atoms with E-state index in [9.17, 15) is 14.0 Å². The molecule has 0 saturated heterocycles. The first-order valence-electron chi connectivity index (χ1n) is 6.76. The number of hydrogen-bond donors (Lipinski definition) is 2. The second-order valence-electron chi connectivity index (χ2n) is 4.77. The van der Waals surface area contributed by atoms with Crippen LogP contribution in [0.4, 0.5) is 4.39 Å².